The summed E-state index contributed by atoms with van der Waals surface area (Å²) in [7, 11) is 1.58. The fraction of sp³-hybridized carbons (Fsp3) is 0.261. The maximum Gasteiger partial charge on any atom is 0.270 e. The molecule has 156 valence electrons. The van der Waals surface area contributed by atoms with Crippen molar-refractivity contribution >= 4 is 39.6 Å². The van der Waals surface area contributed by atoms with Gasteiger partial charge in [0.25, 0.3) is 5.69 Å². The van der Waals surface area contributed by atoms with E-state index in [0.717, 1.165) is 16.5 Å². The highest BCUT2D eigenvalue weighted by molar-refractivity contribution is 9.10. The summed E-state index contributed by atoms with van der Waals surface area (Å²) in [5.41, 5.74) is 2.86. The van der Waals surface area contributed by atoms with Crippen LogP contribution in [0.2, 0.25) is 0 Å². The van der Waals surface area contributed by atoms with E-state index in [0.29, 0.717) is 47.7 Å². The van der Waals surface area contributed by atoms with Crippen molar-refractivity contribution < 1.29 is 19.2 Å². The largest absolute Gasteiger partial charge is 0.493 e. The van der Waals surface area contributed by atoms with Crippen molar-refractivity contribution in [1.29, 1.82) is 0 Å². The van der Waals surface area contributed by atoms with Gasteiger partial charge < -0.3 is 9.47 Å². The molecule has 0 amide bonds. The lowest BCUT2D eigenvalue weighted by atomic mass is 9.87. The SMILES string of the molecule is CCOc1c(Br)cc(/C=C2\CCC/C(=C\c3cccc([N+](=O)[O-])c3)C2=O)cc1OC. The summed E-state index contributed by atoms with van der Waals surface area (Å²) < 4.78 is 11.8. The van der Waals surface area contributed by atoms with Crippen molar-refractivity contribution in [3.05, 3.63) is 73.3 Å². The average molecular weight is 472 g/mol. The minimum absolute atomic E-state index is 0.00899. The number of allylic oxidation sites excluding steroid dienone is 2. The molecule has 1 saturated carbocycles. The van der Waals surface area contributed by atoms with Gasteiger partial charge in [0.05, 0.1) is 23.1 Å². The number of hydrogen-bond donors (Lipinski definition) is 0. The minimum atomic E-state index is -0.437. The van der Waals surface area contributed by atoms with E-state index in [1.54, 1.807) is 25.3 Å². The lowest BCUT2D eigenvalue weighted by Gasteiger charge is -2.17. The molecule has 0 saturated heterocycles. The molecule has 2 aromatic rings. The fourth-order valence-electron chi connectivity index (χ4n) is 3.42. The normalized spacial score (nSPS) is 16.7. The molecule has 0 unspecified atom stereocenters. The smallest absolute Gasteiger partial charge is 0.270 e. The van der Waals surface area contributed by atoms with Gasteiger partial charge in [0.2, 0.25) is 0 Å². The molecule has 0 N–H and O–H groups in total. The maximum absolute atomic E-state index is 13.0. The number of nitro groups is 1. The standard InChI is InChI=1S/C23H22BrNO5/c1-3-30-23-20(24)13-16(14-21(23)29-2)11-18-8-5-7-17(22(18)26)10-15-6-4-9-19(12-15)25(27)28/h4,6,9-14H,3,5,7-8H2,1-2H3/b17-10+,18-11+. The molecule has 6 nitrogen and oxygen atoms in total. The van der Waals surface area contributed by atoms with E-state index in [2.05, 4.69) is 15.9 Å². The van der Waals surface area contributed by atoms with Crippen molar-refractivity contribution in [1.82, 2.24) is 0 Å². The third-order valence-corrected chi connectivity index (χ3v) is 5.37. The number of nitro benzene ring substituents is 1. The quantitative estimate of drug-likeness (QED) is 0.293. The van der Waals surface area contributed by atoms with Crippen LogP contribution in [-0.2, 0) is 4.79 Å². The molecule has 0 aliphatic heterocycles. The predicted molar refractivity (Wildman–Crippen MR) is 120 cm³/mol. The highest BCUT2D eigenvalue weighted by atomic mass is 79.9. The summed E-state index contributed by atoms with van der Waals surface area (Å²) in [6.07, 6.45) is 5.78. The molecule has 30 heavy (non-hydrogen) atoms. The van der Waals surface area contributed by atoms with Crippen LogP contribution in [0, 0.1) is 10.1 Å². The van der Waals surface area contributed by atoms with Crippen LogP contribution < -0.4 is 9.47 Å². The zero-order valence-electron chi connectivity index (χ0n) is 16.8. The fourth-order valence-corrected chi connectivity index (χ4v) is 3.99. The monoisotopic (exact) mass is 471 g/mol. The van der Waals surface area contributed by atoms with Crippen LogP contribution >= 0.6 is 15.9 Å². The number of hydrogen-bond acceptors (Lipinski definition) is 5. The first kappa shape index (κ1) is 21.8. The van der Waals surface area contributed by atoms with Crippen molar-refractivity contribution in [2.75, 3.05) is 13.7 Å². The van der Waals surface area contributed by atoms with Crippen LogP contribution in [-0.4, -0.2) is 24.4 Å². The molecule has 0 atom stereocenters. The predicted octanol–water partition coefficient (Wildman–Crippen LogP) is 5.98. The third kappa shape index (κ3) is 4.97. The first-order chi connectivity index (χ1) is 14.4. The molecule has 1 aliphatic carbocycles. The number of halogens is 1. The van der Waals surface area contributed by atoms with Crippen LogP contribution in [0.5, 0.6) is 11.5 Å². The zero-order chi connectivity index (χ0) is 21.7. The van der Waals surface area contributed by atoms with Crippen LogP contribution in [0.3, 0.4) is 0 Å². The van der Waals surface area contributed by atoms with Gasteiger partial charge in [0, 0.05) is 23.3 Å². The van der Waals surface area contributed by atoms with Crippen LogP contribution in [0.4, 0.5) is 5.69 Å². The summed E-state index contributed by atoms with van der Waals surface area (Å²) in [5, 5.41) is 11.0. The van der Waals surface area contributed by atoms with Gasteiger partial charge in [-0.15, -0.1) is 0 Å². The zero-order valence-corrected chi connectivity index (χ0v) is 18.4. The number of carbonyl (C=O) groups excluding carboxylic acids is 1. The number of Topliss-reactive ketones (excluding diaryl/α,β-unsaturated/α-hetero) is 1. The Bertz CT molecular complexity index is 1040. The van der Waals surface area contributed by atoms with Gasteiger partial charge in [0.15, 0.2) is 17.3 Å². The summed E-state index contributed by atoms with van der Waals surface area (Å²) in [6, 6.07) is 10.0. The van der Waals surface area contributed by atoms with Crippen LogP contribution in [0.15, 0.2) is 52.0 Å². The molecule has 1 aliphatic rings. The van der Waals surface area contributed by atoms with Gasteiger partial charge >= 0.3 is 0 Å². The van der Waals surface area contributed by atoms with Crippen molar-refractivity contribution in [3.8, 4) is 11.5 Å². The van der Waals surface area contributed by atoms with Gasteiger partial charge in [-0.2, -0.15) is 0 Å². The number of benzene rings is 2. The Morgan fingerprint density at radius 3 is 2.47 bits per heavy atom. The first-order valence-corrected chi connectivity index (χ1v) is 10.4. The van der Waals surface area contributed by atoms with E-state index >= 15 is 0 Å². The minimum Gasteiger partial charge on any atom is -0.493 e. The number of carbonyl (C=O) groups is 1. The Balaban J connectivity index is 1.92. The van der Waals surface area contributed by atoms with Gasteiger partial charge in [-0.05, 0) is 77.5 Å². The molecule has 3 rings (SSSR count). The molecule has 0 spiro atoms. The van der Waals surface area contributed by atoms with Crippen LogP contribution in [0.25, 0.3) is 12.2 Å². The number of ketones is 1. The lowest BCUT2D eigenvalue weighted by molar-refractivity contribution is -0.384. The second-order valence-electron chi connectivity index (χ2n) is 6.84. The summed E-state index contributed by atoms with van der Waals surface area (Å²) in [4.78, 5) is 23.6. The Morgan fingerprint density at radius 1 is 1.13 bits per heavy atom. The van der Waals surface area contributed by atoms with E-state index in [9.17, 15) is 14.9 Å². The van der Waals surface area contributed by atoms with Gasteiger partial charge in [-0.25, -0.2) is 0 Å². The number of ether oxygens (including phenoxy) is 2. The summed E-state index contributed by atoms with van der Waals surface area (Å²) in [5.74, 6) is 1.19. The third-order valence-electron chi connectivity index (χ3n) is 4.78. The Hall–Kier alpha value is -2.93. The van der Waals surface area contributed by atoms with Crippen LogP contribution in [0.1, 0.15) is 37.3 Å². The van der Waals surface area contributed by atoms with Gasteiger partial charge in [-0.1, -0.05) is 12.1 Å². The molecule has 2 aromatic carbocycles. The second kappa shape index (κ2) is 9.71. The molecular formula is C23H22BrNO5. The Morgan fingerprint density at radius 2 is 1.83 bits per heavy atom. The van der Waals surface area contributed by atoms with E-state index < -0.39 is 4.92 Å². The second-order valence-corrected chi connectivity index (χ2v) is 7.70. The number of nitrogens with zero attached hydrogens (tertiary/aromatic N) is 1. The molecule has 7 heteroatoms. The van der Waals surface area contributed by atoms with Crippen molar-refractivity contribution in [2.24, 2.45) is 0 Å². The summed E-state index contributed by atoms with van der Waals surface area (Å²) >= 11 is 3.51. The number of non-ortho nitro benzene ring substituents is 1. The van der Waals surface area contributed by atoms with Gasteiger partial charge in [0.1, 0.15) is 0 Å². The molecule has 0 heterocycles. The van der Waals surface area contributed by atoms with E-state index in [1.807, 2.05) is 25.1 Å². The molecule has 0 aromatic heterocycles. The average Bonchev–Trinajstić information content (AvgIpc) is 2.73. The van der Waals surface area contributed by atoms with E-state index in [1.165, 1.54) is 12.1 Å². The summed E-state index contributed by atoms with van der Waals surface area (Å²) in [6.45, 7) is 2.41. The van der Waals surface area contributed by atoms with Gasteiger partial charge in [-0.3, -0.25) is 14.9 Å². The molecule has 1 fully saturated rings. The lowest BCUT2D eigenvalue weighted by Crippen LogP contribution is -2.12. The van der Waals surface area contributed by atoms with Crippen molar-refractivity contribution in [3.63, 3.8) is 0 Å². The molecular weight excluding hydrogens is 450 g/mol. The number of methoxy groups -OCH3 is 1. The number of rotatable bonds is 6. The Kier molecular flexibility index (Phi) is 7.05. The topological polar surface area (TPSA) is 78.7 Å². The van der Waals surface area contributed by atoms with E-state index in [-0.39, 0.29) is 11.5 Å². The van der Waals surface area contributed by atoms with Crippen molar-refractivity contribution in [2.45, 2.75) is 26.2 Å². The first-order valence-electron chi connectivity index (χ1n) is 9.63. The Labute approximate surface area is 183 Å². The highest BCUT2D eigenvalue weighted by Crippen LogP contribution is 2.38. The highest BCUT2D eigenvalue weighted by Gasteiger charge is 2.21. The molecule has 0 radical (unpaired) electrons. The maximum atomic E-state index is 13.0. The molecule has 0 bridgehead atoms. The van der Waals surface area contributed by atoms with E-state index in [4.69, 9.17) is 9.47 Å².